The molecule has 0 aromatic carbocycles. The zero-order valence-corrected chi connectivity index (χ0v) is 13.5. The molecule has 21 heavy (non-hydrogen) atoms. The number of amides is 2. The van der Waals surface area contributed by atoms with E-state index < -0.39 is 0 Å². The molecular weight excluding hydrogens is 286 g/mol. The maximum Gasteiger partial charge on any atom is 0.316 e. The van der Waals surface area contributed by atoms with E-state index in [0.29, 0.717) is 12.5 Å². The van der Waals surface area contributed by atoms with E-state index in [1.54, 1.807) is 30.3 Å². The third kappa shape index (κ3) is 3.07. The summed E-state index contributed by atoms with van der Waals surface area (Å²) in [5.41, 5.74) is 1.47. The van der Waals surface area contributed by atoms with Gasteiger partial charge in [-0.1, -0.05) is 0 Å². The summed E-state index contributed by atoms with van der Waals surface area (Å²) in [5.74, 6) is 0.526. The molecule has 1 N–H and O–H groups in total. The summed E-state index contributed by atoms with van der Waals surface area (Å²) < 4.78 is 5.70. The Balaban J connectivity index is 1.61. The molecule has 3 rings (SSSR count). The SMILES string of the molecule is CN(C)C(=O)NC[C@@]12COC[C@@H]1CN(Cc1ccsc1)C2. The van der Waals surface area contributed by atoms with Crippen molar-refractivity contribution in [3.05, 3.63) is 22.4 Å². The molecule has 6 heteroatoms. The van der Waals surface area contributed by atoms with Gasteiger partial charge in [0.15, 0.2) is 0 Å². The van der Waals surface area contributed by atoms with Crippen LogP contribution in [-0.4, -0.2) is 62.8 Å². The molecular formula is C15H23N3O2S. The fourth-order valence-corrected chi connectivity index (χ4v) is 4.02. The lowest BCUT2D eigenvalue weighted by molar-refractivity contribution is 0.125. The van der Waals surface area contributed by atoms with Crippen LogP contribution < -0.4 is 5.32 Å². The van der Waals surface area contributed by atoms with Crippen LogP contribution in [0.25, 0.3) is 0 Å². The van der Waals surface area contributed by atoms with Crippen molar-refractivity contribution < 1.29 is 9.53 Å². The lowest BCUT2D eigenvalue weighted by atomic mass is 9.81. The van der Waals surface area contributed by atoms with Crippen molar-refractivity contribution in [2.45, 2.75) is 6.54 Å². The third-order valence-corrected chi connectivity index (χ3v) is 5.31. The average Bonchev–Trinajstić information content (AvgIpc) is 3.12. The number of hydrogen-bond donors (Lipinski definition) is 1. The van der Waals surface area contributed by atoms with Gasteiger partial charge in [-0.05, 0) is 22.4 Å². The second kappa shape index (κ2) is 5.94. The van der Waals surface area contributed by atoms with E-state index in [0.717, 1.165) is 32.8 Å². The predicted molar refractivity (Wildman–Crippen MR) is 83.4 cm³/mol. The molecule has 2 aliphatic rings. The van der Waals surface area contributed by atoms with Gasteiger partial charge in [0, 0.05) is 51.6 Å². The Kier molecular flexibility index (Phi) is 4.19. The fourth-order valence-electron chi connectivity index (χ4n) is 3.36. The summed E-state index contributed by atoms with van der Waals surface area (Å²) in [4.78, 5) is 15.9. The Hall–Kier alpha value is -1.11. The fraction of sp³-hybridized carbons (Fsp3) is 0.667. The first-order valence-electron chi connectivity index (χ1n) is 7.35. The number of nitrogens with zero attached hydrogens (tertiary/aromatic N) is 2. The molecule has 0 aliphatic carbocycles. The molecule has 2 atom stereocenters. The maximum absolute atomic E-state index is 11.8. The van der Waals surface area contributed by atoms with Crippen LogP contribution in [0.1, 0.15) is 5.56 Å². The topological polar surface area (TPSA) is 44.8 Å². The normalized spacial score (nSPS) is 28.6. The summed E-state index contributed by atoms with van der Waals surface area (Å²) >= 11 is 1.75. The number of nitrogens with one attached hydrogen (secondary N) is 1. The summed E-state index contributed by atoms with van der Waals surface area (Å²) in [6.45, 7) is 5.34. The number of carbonyl (C=O) groups excluding carboxylic acids is 1. The number of ether oxygens (including phenoxy) is 1. The Morgan fingerprint density at radius 3 is 3.19 bits per heavy atom. The van der Waals surface area contributed by atoms with E-state index in [4.69, 9.17) is 4.74 Å². The van der Waals surface area contributed by atoms with Gasteiger partial charge >= 0.3 is 6.03 Å². The van der Waals surface area contributed by atoms with Crippen LogP contribution in [0.15, 0.2) is 16.8 Å². The lowest BCUT2D eigenvalue weighted by Crippen LogP contribution is -2.45. The highest BCUT2D eigenvalue weighted by Gasteiger charge is 2.50. The molecule has 2 amide bonds. The molecule has 1 aromatic heterocycles. The molecule has 0 radical (unpaired) electrons. The molecule has 0 bridgehead atoms. The number of fused-ring (bicyclic) bond motifs is 1. The van der Waals surface area contributed by atoms with Crippen LogP contribution in [0.5, 0.6) is 0 Å². The van der Waals surface area contributed by atoms with Crippen molar-refractivity contribution in [1.29, 1.82) is 0 Å². The summed E-state index contributed by atoms with van der Waals surface area (Å²) in [7, 11) is 3.54. The number of hydrogen-bond acceptors (Lipinski definition) is 4. The van der Waals surface area contributed by atoms with Crippen LogP contribution in [0.3, 0.4) is 0 Å². The zero-order valence-electron chi connectivity index (χ0n) is 12.7. The average molecular weight is 309 g/mol. The van der Waals surface area contributed by atoms with E-state index >= 15 is 0 Å². The summed E-state index contributed by atoms with van der Waals surface area (Å²) in [6.07, 6.45) is 0. The van der Waals surface area contributed by atoms with Gasteiger partial charge in [0.2, 0.25) is 0 Å². The zero-order chi connectivity index (χ0) is 14.9. The smallest absolute Gasteiger partial charge is 0.316 e. The van der Waals surface area contributed by atoms with E-state index in [9.17, 15) is 4.79 Å². The van der Waals surface area contributed by atoms with Crippen molar-refractivity contribution in [3.8, 4) is 0 Å². The first-order valence-corrected chi connectivity index (χ1v) is 8.30. The summed E-state index contributed by atoms with van der Waals surface area (Å²) in [6, 6.07) is 2.17. The molecule has 0 saturated carbocycles. The van der Waals surface area contributed by atoms with Gasteiger partial charge in [-0.15, -0.1) is 0 Å². The molecule has 0 spiro atoms. The molecule has 2 fully saturated rings. The van der Waals surface area contributed by atoms with E-state index in [2.05, 4.69) is 27.0 Å². The first kappa shape index (κ1) is 14.8. The van der Waals surface area contributed by atoms with Crippen molar-refractivity contribution in [2.24, 2.45) is 11.3 Å². The Bertz CT molecular complexity index is 491. The minimum Gasteiger partial charge on any atom is -0.380 e. The van der Waals surface area contributed by atoms with Crippen LogP contribution in [0.2, 0.25) is 0 Å². The number of likely N-dealkylation sites (tertiary alicyclic amines) is 1. The van der Waals surface area contributed by atoms with Gasteiger partial charge in [0.25, 0.3) is 0 Å². The maximum atomic E-state index is 11.8. The minimum atomic E-state index is -0.0219. The quantitative estimate of drug-likeness (QED) is 0.916. The third-order valence-electron chi connectivity index (χ3n) is 4.58. The molecule has 3 heterocycles. The van der Waals surface area contributed by atoms with Crippen molar-refractivity contribution in [1.82, 2.24) is 15.1 Å². The van der Waals surface area contributed by atoms with Crippen molar-refractivity contribution in [3.63, 3.8) is 0 Å². The Morgan fingerprint density at radius 2 is 2.48 bits per heavy atom. The van der Waals surface area contributed by atoms with Crippen molar-refractivity contribution in [2.75, 3.05) is 46.9 Å². The number of urea groups is 1. The van der Waals surface area contributed by atoms with Gasteiger partial charge in [-0.3, -0.25) is 4.90 Å². The molecule has 5 nitrogen and oxygen atoms in total. The second-order valence-corrected chi connectivity index (χ2v) is 7.21. The van der Waals surface area contributed by atoms with Gasteiger partial charge in [0.1, 0.15) is 0 Å². The van der Waals surface area contributed by atoms with Gasteiger partial charge in [-0.2, -0.15) is 11.3 Å². The summed E-state index contributed by atoms with van der Waals surface area (Å²) in [5, 5.41) is 7.39. The van der Waals surface area contributed by atoms with E-state index in [1.807, 2.05) is 0 Å². The molecule has 2 aliphatic heterocycles. The molecule has 1 aromatic rings. The van der Waals surface area contributed by atoms with Crippen LogP contribution in [-0.2, 0) is 11.3 Å². The van der Waals surface area contributed by atoms with Gasteiger partial charge in [-0.25, -0.2) is 4.79 Å². The highest BCUT2D eigenvalue weighted by molar-refractivity contribution is 7.07. The molecule has 0 unspecified atom stereocenters. The molecule has 2 saturated heterocycles. The van der Waals surface area contributed by atoms with Crippen LogP contribution in [0.4, 0.5) is 4.79 Å². The predicted octanol–water partition coefficient (Wildman–Crippen LogP) is 1.47. The largest absolute Gasteiger partial charge is 0.380 e. The standard InChI is InChI=1S/C15H23N3O2S/c1-17(2)14(19)16-9-15-10-18(5-12-3-4-21-8-12)6-13(15)7-20-11-15/h3-4,8,13H,5-7,9-11H2,1-2H3,(H,16,19)/t13-,15+/m0/s1. The highest BCUT2D eigenvalue weighted by Crippen LogP contribution is 2.41. The van der Waals surface area contributed by atoms with Crippen LogP contribution >= 0.6 is 11.3 Å². The van der Waals surface area contributed by atoms with E-state index in [-0.39, 0.29) is 11.4 Å². The highest BCUT2D eigenvalue weighted by atomic mass is 32.1. The lowest BCUT2D eigenvalue weighted by Gasteiger charge is -2.28. The van der Waals surface area contributed by atoms with Crippen molar-refractivity contribution >= 4 is 17.4 Å². The monoisotopic (exact) mass is 309 g/mol. The van der Waals surface area contributed by atoms with Crippen LogP contribution in [0, 0.1) is 11.3 Å². The van der Waals surface area contributed by atoms with Gasteiger partial charge in [0.05, 0.1) is 13.2 Å². The Labute approximate surface area is 129 Å². The first-order chi connectivity index (χ1) is 10.1. The number of rotatable bonds is 4. The second-order valence-electron chi connectivity index (χ2n) is 6.43. The molecule has 116 valence electrons. The number of thiophene rings is 1. The Morgan fingerprint density at radius 1 is 1.62 bits per heavy atom. The van der Waals surface area contributed by atoms with Gasteiger partial charge < -0.3 is 15.0 Å². The number of carbonyl (C=O) groups is 1. The minimum absolute atomic E-state index is 0.0219. The van der Waals surface area contributed by atoms with E-state index in [1.165, 1.54) is 5.56 Å².